The second kappa shape index (κ2) is 6.55. The van der Waals surface area contributed by atoms with Crippen LogP contribution >= 0.6 is 0 Å². The molecule has 14 heavy (non-hydrogen) atoms. The maximum absolute atomic E-state index is 4.38. The van der Waals surface area contributed by atoms with Crippen molar-refractivity contribution in [3.8, 4) is 0 Å². The van der Waals surface area contributed by atoms with Crippen LogP contribution in [0.4, 0.5) is 0 Å². The monoisotopic (exact) mass is 192 g/mol. The highest BCUT2D eigenvalue weighted by atomic mass is 14.9. The summed E-state index contributed by atoms with van der Waals surface area (Å²) < 4.78 is 0. The molecule has 2 heteroatoms. The quantitative estimate of drug-likeness (QED) is 0.701. The summed E-state index contributed by atoms with van der Waals surface area (Å²) in [6, 6.07) is 4.16. The summed E-state index contributed by atoms with van der Waals surface area (Å²) in [5.41, 5.74) is 2.56. The van der Waals surface area contributed by atoms with E-state index in [0.717, 1.165) is 19.5 Å². The maximum atomic E-state index is 4.38. The molecule has 0 spiro atoms. The summed E-state index contributed by atoms with van der Waals surface area (Å²) in [6.07, 6.45) is 5.43. The maximum Gasteiger partial charge on any atom is 0.0573 e. The fourth-order valence-electron chi connectivity index (χ4n) is 1.46. The van der Waals surface area contributed by atoms with Gasteiger partial charge in [-0.1, -0.05) is 26.3 Å². The van der Waals surface area contributed by atoms with Crippen LogP contribution in [0.2, 0.25) is 0 Å². The fourth-order valence-corrected chi connectivity index (χ4v) is 1.46. The van der Waals surface area contributed by atoms with Crippen molar-refractivity contribution >= 4 is 0 Å². The van der Waals surface area contributed by atoms with Crippen LogP contribution in [0.5, 0.6) is 0 Å². The molecule has 1 aromatic heterocycles. The van der Waals surface area contributed by atoms with Gasteiger partial charge in [-0.15, -0.1) is 0 Å². The Bertz CT molecular complexity index is 258. The van der Waals surface area contributed by atoms with Crippen LogP contribution in [0.3, 0.4) is 0 Å². The van der Waals surface area contributed by atoms with Gasteiger partial charge in [0.1, 0.15) is 0 Å². The minimum absolute atomic E-state index is 0.907. The summed E-state index contributed by atoms with van der Waals surface area (Å²) in [5.74, 6) is 0. The number of aryl methyl sites for hydroxylation is 1. The molecule has 0 radical (unpaired) electrons. The number of unbranched alkanes of at least 4 members (excludes halogenated alkanes) is 1. The van der Waals surface area contributed by atoms with Crippen LogP contribution in [0.15, 0.2) is 18.3 Å². The molecule has 0 unspecified atom stereocenters. The molecule has 0 bridgehead atoms. The van der Waals surface area contributed by atoms with Crippen LogP contribution in [0, 0.1) is 0 Å². The Morgan fingerprint density at radius 2 is 2.21 bits per heavy atom. The lowest BCUT2D eigenvalue weighted by Crippen LogP contribution is -2.16. The lowest BCUT2D eigenvalue weighted by Gasteiger charge is -2.07. The SMILES string of the molecule is CCCCNCc1ncccc1CC. The van der Waals surface area contributed by atoms with E-state index < -0.39 is 0 Å². The molecule has 0 saturated heterocycles. The molecule has 2 nitrogen and oxygen atoms in total. The van der Waals surface area contributed by atoms with Gasteiger partial charge in [0.15, 0.2) is 0 Å². The molecule has 1 heterocycles. The molecule has 1 aromatic rings. The summed E-state index contributed by atoms with van der Waals surface area (Å²) in [4.78, 5) is 4.38. The predicted molar refractivity (Wildman–Crippen MR) is 60.2 cm³/mol. The van der Waals surface area contributed by atoms with E-state index in [1.807, 2.05) is 12.3 Å². The van der Waals surface area contributed by atoms with Crippen molar-refractivity contribution in [2.24, 2.45) is 0 Å². The summed E-state index contributed by atoms with van der Waals surface area (Å²) in [5, 5.41) is 3.41. The van der Waals surface area contributed by atoms with E-state index in [1.165, 1.54) is 24.1 Å². The van der Waals surface area contributed by atoms with E-state index >= 15 is 0 Å². The predicted octanol–water partition coefficient (Wildman–Crippen LogP) is 2.53. The minimum atomic E-state index is 0.907. The normalized spacial score (nSPS) is 10.4. The zero-order valence-electron chi connectivity index (χ0n) is 9.21. The number of rotatable bonds is 6. The van der Waals surface area contributed by atoms with Crippen molar-refractivity contribution in [3.63, 3.8) is 0 Å². The minimum Gasteiger partial charge on any atom is -0.311 e. The largest absolute Gasteiger partial charge is 0.311 e. The first-order chi connectivity index (χ1) is 6.88. The first-order valence-corrected chi connectivity index (χ1v) is 5.52. The van der Waals surface area contributed by atoms with E-state index in [-0.39, 0.29) is 0 Å². The van der Waals surface area contributed by atoms with Gasteiger partial charge in [-0.25, -0.2) is 0 Å². The van der Waals surface area contributed by atoms with Crippen molar-refractivity contribution in [1.29, 1.82) is 0 Å². The highest BCUT2D eigenvalue weighted by Crippen LogP contribution is 2.05. The van der Waals surface area contributed by atoms with Gasteiger partial charge < -0.3 is 5.32 Å². The molecule has 0 saturated carbocycles. The zero-order chi connectivity index (χ0) is 10.2. The molecule has 0 atom stereocenters. The number of nitrogens with one attached hydrogen (secondary N) is 1. The highest BCUT2D eigenvalue weighted by Gasteiger charge is 1.99. The average Bonchev–Trinajstić information content (AvgIpc) is 2.25. The Kier molecular flexibility index (Phi) is 5.23. The number of nitrogens with zero attached hydrogens (tertiary/aromatic N) is 1. The van der Waals surface area contributed by atoms with Crippen LogP contribution < -0.4 is 5.32 Å². The molecular weight excluding hydrogens is 172 g/mol. The Hall–Kier alpha value is -0.890. The molecule has 78 valence electrons. The first-order valence-electron chi connectivity index (χ1n) is 5.52. The van der Waals surface area contributed by atoms with E-state index in [9.17, 15) is 0 Å². The van der Waals surface area contributed by atoms with Crippen molar-refractivity contribution in [3.05, 3.63) is 29.6 Å². The van der Waals surface area contributed by atoms with Gasteiger partial charge in [-0.2, -0.15) is 0 Å². The first kappa shape index (κ1) is 11.2. The standard InChI is InChI=1S/C12H20N2/c1-3-5-8-13-10-12-11(4-2)7-6-9-14-12/h6-7,9,13H,3-5,8,10H2,1-2H3. The number of hydrogen-bond acceptors (Lipinski definition) is 2. The summed E-state index contributed by atoms with van der Waals surface area (Å²) in [6.45, 7) is 6.38. The second-order valence-electron chi connectivity index (χ2n) is 3.49. The van der Waals surface area contributed by atoms with Gasteiger partial charge in [0.2, 0.25) is 0 Å². The number of hydrogen-bond donors (Lipinski definition) is 1. The molecule has 0 aliphatic carbocycles. The number of aromatic nitrogens is 1. The average molecular weight is 192 g/mol. The Balaban J connectivity index is 2.41. The van der Waals surface area contributed by atoms with E-state index in [2.05, 4.69) is 30.2 Å². The molecular formula is C12H20N2. The van der Waals surface area contributed by atoms with Crippen molar-refractivity contribution in [1.82, 2.24) is 10.3 Å². The van der Waals surface area contributed by atoms with Gasteiger partial charge in [-0.05, 0) is 31.0 Å². The lowest BCUT2D eigenvalue weighted by atomic mass is 10.1. The third kappa shape index (κ3) is 3.46. The van der Waals surface area contributed by atoms with Crippen LogP contribution in [-0.2, 0) is 13.0 Å². The smallest absolute Gasteiger partial charge is 0.0573 e. The van der Waals surface area contributed by atoms with E-state index in [4.69, 9.17) is 0 Å². The molecule has 0 aliphatic heterocycles. The number of pyridine rings is 1. The molecule has 0 fully saturated rings. The molecule has 0 aliphatic rings. The van der Waals surface area contributed by atoms with Gasteiger partial charge in [0.25, 0.3) is 0 Å². The fraction of sp³-hybridized carbons (Fsp3) is 0.583. The topological polar surface area (TPSA) is 24.9 Å². The summed E-state index contributed by atoms with van der Waals surface area (Å²) >= 11 is 0. The molecule has 0 aromatic carbocycles. The van der Waals surface area contributed by atoms with Gasteiger partial charge in [0, 0.05) is 12.7 Å². The lowest BCUT2D eigenvalue weighted by molar-refractivity contribution is 0.630. The Labute approximate surface area is 86.8 Å². The third-order valence-corrected chi connectivity index (χ3v) is 2.36. The van der Waals surface area contributed by atoms with Crippen LogP contribution in [0.1, 0.15) is 37.9 Å². The Morgan fingerprint density at radius 1 is 1.36 bits per heavy atom. The highest BCUT2D eigenvalue weighted by molar-refractivity contribution is 5.19. The summed E-state index contributed by atoms with van der Waals surface area (Å²) in [7, 11) is 0. The van der Waals surface area contributed by atoms with E-state index in [0.29, 0.717) is 0 Å². The third-order valence-electron chi connectivity index (χ3n) is 2.36. The van der Waals surface area contributed by atoms with Crippen LogP contribution in [0.25, 0.3) is 0 Å². The van der Waals surface area contributed by atoms with E-state index in [1.54, 1.807) is 0 Å². The second-order valence-corrected chi connectivity index (χ2v) is 3.49. The van der Waals surface area contributed by atoms with Crippen molar-refractivity contribution in [2.75, 3.05) is 6.54 Å². The van der Waals surface area contributed by atoms with Crippen molar-refractivity contribution < 1.29 is 0 Å². The molecule has 0 amide bonds. The zero-order valence-corrected chi connectivity index (χ0v) is 9.21. The van der Waals surface area contributed by atoms with Gasteiger partial charge in [-0.3, -0.25) is 4.98 Å². The van der Waals surface area contributed by atoms with Gasteiger partial charge >= 0.3 is 0 Å². The van der Waals surface area contributed by atoms with Crippen molar-refractivity contribution in [2.45, 2.75) is 39.7 Å². The molecule has 1 rings (SSSR count). The van der Waals surface area contributed by atoms with Crippen LogP contribution in [-0.4, -0.2) is 11.5 Å². The van der Waals surface area contributed by atoms with Gasteiger partial charge in [0.05, 0.1) is 5.69 Å². The molecule has 1 N–H and O–H groups in total. The Morgan fingerprint density at radius 3 is 2.93 bits per heavy atom.